The third-order valence-corrected chi connectivity index (χ3v) is 4.45. The summed E-state index contributed by atoms with van der Waals surface area (Å²) in [4.78, 5) is 26.6. The molecule has 0 aromatic heterocycles. The van der Waals surface area contributed by atoms with Crippen LogP contribution in [0.15, 0.2) is 24.3 Å². The molecule has 0 aliphatic carbocycles. The van der Waals surface area contributed by atoms with Gasteiger partial charge in [-0.15, -0.1) is 24.8 Å². The standard InChI is InChI=1S/C18H26N4O4.2ClH/c23-17(20-5-7-22-8-11-25-12-9-22)14-1-3-15(4-2-14)21-18(24)16-13-19-6-10-26-16;;/h1-4,16,19H,5-13H2,(H,20,23)(H,21,24);2*1H. The van der Waals surface area contributed by atoms with Crippen molar-refractivity contribution in [1.82, 2.24) is 15.5 Å². The summed E-state index contributed by atoms with van der Waals surface area (Å²) in [6, 6.07) is 6.87. The zero-order valence-corrected chi connectivity index (χ0v) is 17.3. The molecule has 2 aliphatic heterocycles. The first-order valence-electron chi connectivity index (χ1n) is 9.04. The van der Waals surface area contributed by atoms with Crippen molar-refractivity contribution in [1.29, 1.82) is 0 Å². The minimum atomic E-state index is -0.480. The number of carbonyl (C=O) groups excluding carboxylic acids is 2. The van der Waals surface area contributed by atoms with Gasteiger partial charge in [-0.25, -0.2) is 0 Å². The summed E-state index contributed by atoms with van der Waals surface area (Å²) in [6.45, 7) is 6.54. The number of morpholine rings is 2. The van der Waals surface area contributed by atoms with E-state index >= 15 is 0 Å². The van der Waals surface area contributed by atoms with E-state index in [-0.39, 0.29) is 36.6 Å². The minimum Gasteiger partial charge on any atom is -0.379 e. The third-order valence-electron chi connectivity index (χ3n) is 4.45. The molecule has 0 bridgehead atoms. The van der Waals surface area contributed by atoms with Crippen LogP contribution in [0.3, 0.4) is 0 Å². The predicted octanol–water partition coefficient (Wildman–Crippen LogP) is 0.519. The summed E-state index contributed by atoms with van der Waals surface area (Å²) in [5, 5.41) is 8.85. The van der Waals surface area contributed by atoms with Crippen molar-refractivity contribution >= 4 is 42.3 Å². The molecule has 1 atom stereocenters. The number of hydrogen-bond acceptors (Lipinski definition) is 6. The molecule has 2 amide bonds. The van der Waals surface area contributed by atoms with Crippen LogP contribution in [-0.2, 0) is 14.3 Å². The van der Waals surface area contributed by atoms with Crippen LogP contribution >= 0.6 is 24.8 Å². The second kappa shape index (κ2) is 12.9. The molecule has 158 valence electrons. The summed E-state index contributed by atoms with van der Waals surface area (Å²) in [5.74, 6) is -0.295. The molecule has 1 unspecified atom stereocenters. The molecular weight excluding hydrogens is 407 g/mol. The summed E-state index contributed by atoms with van der Waals surface area (Å²) in [7, 11) is 0. The maximum absolute atomic E-state index is 12.2. The number of halogens is 2. The Morgan fingerprint density at radius 1 is 1.11 bits per heavy atom. The van der Waals surface area contributed by atoms with Crippen LogP contribution in [0.25, 0.3) is 0 Å². The monoisotopic (exact) mass is 434 g/mol. The van der Waals surface area contributed by atoms with Gasteiger partial charge in [0.2, 0.25) is 0 Å². The van der Waals surface area contributed by atoms with E-state index < -0.39 is 6.10 Å². The minimum absolute atomic E-state index is 0. The van der Waals surface area contributed by atoms with Crippen LogP contribution in [-0.4, -0.2) is 81.9 Å². The molecule has 2 heterocycles. The zero-order valence-electron chi connectivity index (χ0n) is 15.6. The number of hydrogen-bond donors (Lipinski definition) is 3. The zero-order chi connectivity index (χ0) is 18.2. The number of anilines is 1. The fourth-order valence-corrected chi connectivity index (χ4v) is 2.92. The Morgan fingerprint density at radius 3 is 2.46 bits per heavy atom. The normalized spacial score (nSPS) is 19.6. The van der Waals surface area contributed by atoms with Crippen molar-refractivity contribution < 1.29 is 19.1 Å². The molecule has 3 N–H and O–H groups in total. The van der Waals surface area contributed by atoms with E-state index in [1.165, 1.54) is 0 Å². The molecule has 0 saturated carbocycles. The predicted molar refractivity (Wildman–Crippen MR) is 112 cm³/mol. The lowest BCUT2D eigenvalue weighted by Gasteiger charge is -2.26. The van der Waals surface area contributed by atoms with Crippen LogP contribution in [0.2, 0.25) is 0 Å². The molecule has 2 aliphatic rings. The van der Waals surface area contributed by atoms with Gasteiger partial charge in [0.05, 0.1) is 19.8 Å². The van der Waals surface area contributed by atoms with Crippen molar-refractivity contribution in [2.45, 2.75) is 6.10 Å². The molecular formula is C18H28Cl2N4O4. The van der Waals surface area contributed by atoms with Crippen LogP contribution in [0.1, 0.15) is 10.4 Å². The highest BCUT2D eigenvalue weighted by Crippen LogP contribution is 2.11. The summed E-state index contributed by atoms with van der Waals surface area (Å²) in [5.41, 5.74) is 1.22. The number of nitrogens with zero attached hydrogens (tertiary/aromatic N) is 1. The largest absolute Gasteiger partial charge is 0.379 e. The SMILES string of the molecule is Cl.Cl.O=C(NCCN1CCOCC1)c1ccc(NC(=O)C2CNCCO2)cc1. The number of nitrogens with one attached hydrogen (secondary N) is 3. The molecule has 8 nitrogen and oxygen atoms in total. The molecule has 2 saturated heterocycles. The van der Waals surface area contributed by atoms with E-state index in [1.54, 1.807) is 24.3 Å². The molecule has 2 fully saturated rings. The van der Waals surface area contributed by atoms with Gasteiger partial charge < -0.3 is 25.4 Å². The average Bonchev–Trinajstić information content (AvgIpc) is 2.70. The summed E-state index contributed by atoms with van der Waals surface area (Å²) < 4.78 is 10.7. The molecule has 0 radical (unpaired) electrons. The van der Waals surface area contributed by atoms with Crippen molar-refractivity contribution in [3.63, 3.8) is 0 Å². The fourth-order valence-electron chi connectivity index (χ4n) is 2.92. The molecule has 28 heavy (non-hydrogen) atoms. The number of carbonyl (C=O) groups is 2. The van der Waals surface area contributed by atoms with Gasteiger partial charge in [-0.2, -0.15) is 0 Å². The molecule has 10 heteroatoms. The van der Waals surface area contributed by atoms with Crippen LogP contribution in [0, 0.1) is 0 Å². The van der Waals surface area contributed by atoms with E-state index in [4.69, 9.17) is 9.47 Å². The topological polar surface area (TPSA) is 91.9 Å². The van der Waals surface area contributed by atoms with E-state index in [9.17, 15) is 9.59 Å². The first kappa shape index (κ1) is 24.6. The maximum atomic E-state index is 12.2. The van der Waals surface area contributed by atoms with E-state index in [0.29, 0.717) is 30.9 Å². The molecule has 1 aromatic carbocycles. The van der Waals surface area contributed by atoms with Gasteiger partial charge >= 0.3 is 0 Å². The Hall–Kier alpha value is -1.42. The molecule has 3 rings (SSSR count). The quantitative estimate of drug-likeness (QED) is 0.604. The van der Waals surface area contributed by atoms with Gasteiger partial charge in [0.15, 0.2) is 0 Å². The summed E-state index contributed by atoms with van der Waals surface area (Å²) in [6.07, 6.45) is -0.480. The van der Waals surface area contributed by atoms with Gasteiger partial charge in [-0.05, 0) is 24.3 Å². The van der Waals surface area contributed by atoms with Crippen LogP contribution in [0.4, 0.5) is 5.69 Å². The highest BCUT2D eigenvalue weighted by molar-refractivity contribution is 5.97. The van der Waals surface area contributed by atoms with Crippen LogP contribution < -0.4 is 16.0 Å². The lowest BCUT2D eigenvalue weighted by Crippen LogP contribution is -2.45. The first-order chi connectivity index (χ1) is 12.7. The highest BCUT2D eigenvalue weighted by atomic mass is 35.5. The van der Waals surface area contributed by atoms with E-state index in [1.807, 2.05) is 0 Å². The summed E-state index contributed by atoms with van der Waals surface area (Å²) >= 11 is 0. The fraction of sp³-hybridized carbons (Fsp3) is 0.556. The van der Waals surface area contributed by atoms with Gasteiger partial charge in [-0.1, -0.05) is 0 Å². The van der Waals surface area contributed by atoms with Crippen LogP contribution in [0.5, 0.6) is 0 Å². The van der Waals surface area contributed by atoms with E-state index in [0.717, 1.165) is 39.4 Å². The van der Waals surface area contributed by atoms with Crippen molar-refractivity contribution in [2.24, 2.45) is 0 Å². The average molecular weight is 435 g/mol. The van der Waals surface area contributed by atoms with Gasteiger partial charge in [0, 0.05) is 50.5 Å². The van der Waals surface area contributed by atoms with Gasteiger partial charge in [-0.3, -0.25) is 14.5 Å². The highest BCUT2D eigenvalue weighted by Gasteiger charge is 2.21. The molecule has 1 aromatic rings. The van der Waals surface area contributed by atoms with Crippen molar-refractivity contribution in [2.75, 3.05) is 64.4 Å². The maximum Gasteiger partial charge on any atom is 0.254 e. The Morgan fingerprint density at radius 2 is 1.82 bits per heavy atom. The third kappa shape index (κ3) is 7.54. The Kier molecular flexibility index (Phi) is 11.4. The lowest BCUT2D eigenvalue weighted by atomic mass is 10.2. The second-order valence-electron chi connectivity index (χ2n) is 6.34. The lowest BCUT2D eigenvalue weighted by molar-refractivity contribution is -0.128. The first-order valence-corrected chi connectivity index (χ1v) is 9.04. The van der Waals surface area contributed by atoms with Gasteiger partial charge in [0.1, 0.15) is 6.10 Å². The smallest absolute Gasteiger partial charge is 0.254 e. The second-order valence-corrected chi connectivity index (χ2v) is 6.34. The van der Waals surface area contributed by atoms with Crippen molar-refractivity contribution in [3.8, 4) is 0 Å². The van der Waals surface area contributed by atoms with E-state index in [2.05, 4.69) is 20.9 Å². The van der Waals surface area contributed by atoms with Gasteiger partial charge in [0.25, 0.3) is 11.8 Å². The van der Waals surface area contributed by atoms with Crippen molar-refractivity contribution in [3.05, 3.63) is 29.8 Å². The Bertz CT molecular complexity index is 606. The molecule has 0 spiro atoms. The number of benzene rings is 1. The Balaban J connectivity index is 0.00000196. The number of amides is 2. The number of ether oxygens (including phenoxy) is 2. The number of rotatable bonds is 6. The Labute approximate surface area is 177 Å².